The second kappa shape index (κ2) is 5.83. The van der Waals surface area contributed by atoms with Crippen LogP contribution >= 0.6 is 11.3 Å². The molecule has 2 amide bonds. The fourth-order valence-electron chi connectivity index (χ4n) is 1.68. The Morgan fingerprint density at radius 1 is 1.26 bits per heavy atom. The van der Waals surface area contributed by atoms with Gasteiger partial charge in [0, 0.05) is 9.75 Å². The molecule has 1 atom stereocenters. The van der Waals surface area contributed by atoms with E-state index in [2.05, 4.69) is 0 Å². The molecule has 0 radical (unpaired) electrons. The van der Waals surface area contributed by atoms with Crippen molar-refractivity contribution in [1.29, 1.82) is 0 Å². The largest absolute Gasteiger partial charge is 0.365 e. The summed E-state index contributed by atoms with van der Waals surface area (Å²) in [6, 6.07) is 12.2. The molecule has 100 valence electrons. The van der Waals surface area contributed by atoms with Gasteiger partial charge in [-0.3, -0.25) is 10.4 Å². The minimum atomic E-state index is -0.956. The molecular formula is C13H14N2O3S. The quantitative estimate of drug-likeness (QED) is 0.596. The molecule has 5 nitrogen and oxygen atoms in total. The van der Waals surface area contributed by atoms with Gasteiger partial charge in [-0.2, -0.15) is 5.06 Å². The molecule has 0 aliphatic heterocycles. The Labute approximate surface area is 114 Å². The van der Waals surface area contributed by atoms with Gasteiger partial charge in [0.05, 0.1) is 6.04 Å². The highest BCUT2D eigenvalue weighted by Crippen LogP contribution is 2.32. The van der Waals surface area contributed by atoms with Crippen LogP contribution in [-0.2, 0) is 0 Å². The summed E-state index contributed by atoms with van der Waals surface area (Å²) in [5.74, 6) is 0. The normalized spacial score (nSPS) is 11.9. The monoisotopic (exact) mass is 278 g/mol. The topological polar surface area (TPSA) is 72.8 Å². The van der Waals surface area contributed by atoms with Gasteiger partial charge in [0.1, 0.15) is 0 Å². The van der Waals surface area contributed by atoms with Gasteiger partial charge in [0.15, 0.2) is 0 Å². The molecule has 0 spiro atoms. The van der Waals surface area contributed by atoms with Crippen molar-refractivity contribution in [1.82, 2.24) is 10.5 Å². The standard InChI is InChI=1S/C13H14N2O3S/c1-9(15(18)13(16)14-17)11-7-8-12(19-11)10-5-3-2-4-6-10/h2-9,17-18H,1H3,(H,14,16). The third kappa shape index (κ3) is 2.93. The lowest BCUT2D eigenvalue weighted by atomic mass is 10.2. The average Bonchev–Trinajstić information content (AvgIpc) is 2.95. The summed E-state index contributed by atoms with van der Waals surface area (Å²) in [5.41, 5.74) is 2.48. The first-order valence-electron chi connectivity index (χ1n) is 5.71. The van der Waals surface area contributed by atoms with E-state index in [1.165, 1.54) is 16.8 Å². The number of nitrogens with zero attached hydrogens (tertiary/aromatic N) is 1. The van der Waals surface area contributed by atoms with Crippen molar-refractivity contribution in [3.05, 3.63) is 47.3 Å². The smallest absolute Gasteiger partial charge is 0.287 e. The van der Waals surface area contributed by atoms with Gasteiger partial charge >= 0.3 is 6.03 Å². The van der Waals surface area contributed by atoms with E-state index in [1.54, 1.807) is 6.92 Å². The minimum absolute atomic E-state index is 0.459. The number of hydroxylamine groups is 3. The highest BCUT2D eigenvalue weighted by Gasteiger charge is 2.20. The molecule has 1 aromatic carbocycles. The molecule has 2 rings (SSSR count). The van der Waals surface area contributed by atoms with Crippen LogP contribution in [0.5, 0.6) is 0 Å². The molecule has 0 saturated heterocycles. The highest BCUT2D eigenvalue weighted by molar-refractivity contribution is 7.15. The number of carbonyl (C=O) groups is 1. The number of thiophene rings is 1. The molecule has 1 unspecified atom stereocenters. The first kappa shape index (κ1) is 13.5. The fourth-order valence-corrected chi connectivity index (χ4v) is 2.73. The number of amides is 2. The number of rotatable bonds is 3. The molecule has 2 aromatic rings. The summed E-state index contributed by atoms with van der Waals surface area (Å²) in [6.07, 6.45) is 0. The van der Waals surface area contributed by atoms with Crippen molar-refractivity contribution in [2.24, 2.45) is 0 Å². The number of hydrogen-bond donors (Lipinski definition) is 3. The van der Waals surface area contributed by atoms with E-state index < -0.39 is 12.1 Å². The predicted octanol–water partition coefficient (Wildman–Crippen LogP) is 3.27. The average molecular weight is 278 g/mol. The van der Waals surface area contributed by atoms with E-state index in [-0.39, 0.29) is 0 Å². The molecule has 0 saturated carbocycles. The molecule has 6 heteroatoms. The lowest BCUT2D eigenvalue weighted by Gasteiger charge is -2.20. The van der Waals surface area contributed by atoms with Crippen LogP contribution in [0.2, 0.25) is 0 Å². The lowest BCUT2D eigenvalue weighted by molar-refractivity contribution is -0.0835. The molecule has 0 fully saturated rings. The van der Waals surface area contributed by atoms with E-state index >= 15 is 0 Å². The van der Waals surface area contributed by atoms with Crippen molar-refractivity contribution in [3.8, 4) is 10.4 Å². The maximum absolute atomic E-state index is 11.1. The Morgan fingerprint density at radius 2 is 1.95 bits per heavy atom. The van der Waals surface area contributed by atoms with Crippen LogP contribution in [0.1, 0.15) is 17.8 Å². The molecule has 19 heavy (non-hydrogen) atoms. The summed E-state index contributed by atoms with van der Waals surface area (Å²) in [5, 5.41) is 18.5. The summed E-state index contributed by atoms with van der Waals surface area (Å²) in [4.78, 5) is 13.0. The van der Waals surface area contributed by atoms with Crippen LogP contribution in [0.15, 0.2) is 42.5 Å². The van der Waals surface area contributed by atoms with E-state index in [9.17, 15) is 10.0 Å². The zero-order valence-corrected chi connectivity index (χ0v) is 11.1. The molecule has 3 N–H and O–H groups in total. The Kier molecular flexibility index (Phi) is 4.16. The number of urea groups is 1. The Hall–Kier alpha value is -1.89. The van der Waals surface area contributed by atoms with Gasteiger partial charge in [-0.15, -0.1) is 11.3 Å². The van der Waals surface area contributed by atoms with Gasteiger partial charge < -0.3 is 0 Å². The molecule has 0 aliphatic rings. The van der Waals surface area contributed by atoms with E-state index in [0.29, 0.717) is 5.06 Å². The Bertz CT molecular complexity index is 556. The van der Waals surface area contributed by atoms with Gasteiger partial charge in [0.25, 0.3) is 0 Å². The van der Waals surface area contributed by atoms with Crippen LogP contribution in [0, 0.1) is 0 Å². The van der Waals surface area contributed by atoms with Crippen LogP contribution in [0.4, 0.5) is 4.79 Å². The van der Waals surface area contributed by atoms with Crippen molar-refractivity contribution < 1.29 is 15.2 Å². The molecule has 0 aliphatic carbocycles. The van der Waals surface area contributed by atoms with Crippen LogP contribution in [-0.4, -0.2) is 21.5 Å². The van der Waals surface area contributed by atoms with Gasteiger partial charge in [-0.05, 0) is 24.6 Å². The SMILES string of the molecule is CC(c1ccc(-c2ccccc2)s1)N(O)C(=O)NO. The van der Waals surface area contributed by atoms with Crippen molar-refractivity contribution in [3.63, 3.8) is 0 Å². The van der Waals surface area contributed by atoms with Gasteiger partial charge in [-0.25, -0.2) is 10.3 Å². The maximum Gasteiger partial charge on any atom is 0.365 e. The predicted molar refractivity (Wildman–Crippen MR) is 72.1 cm³/mol. The number of hydrogen-bond acceptors (Lipinski definition) is 4. The Morgan fingerprint density at radius 3 is 2.58 bits per heavy atom. The first-order chi connectivity index (χ1) is 9.13. The lowest BCUT2D eigenvalue weighted by Crippen LogP contribution is -2.37. The number of carbonyl (C=O) groups excluding carboxylic acids is 1. The van der Waals surface area contributed by atoms with Crippen LogP contribution < -0.4 is 5.48 Å². The molecule has 1 heterocycles. The third-order valence-electron chi connectivity index (χ3n) is 2.77. The van der Waals surface area contributed by atoms with Crippen LogP contribution in [0.25, 0.3) is 10.4 Å². The second-order valence-corrected chi connectivity index (χ2v) is 5.12. The van der Waals surface area contributed by atoms with Gasteiger partial charge in [0.2, 0.25) is 0 Å². The van der Waals surface area contributed by atoms with E-state index in [1.807, 2.05) is 42.5 Å². The van der Waals surface area contributed by atoms with Crippen molar-refractivity contribution >= 4 is 17.4 Å². The summed E-state index contributed by atoms with van der Waals surface area (Å²) in [6.45, 7) is 1.68. The summed E-state index contributed by atoms with van der Waals surface area (Å²) >= 11 is 1.49. The minimum Gasteiger partial charge on any atom is -0.287 e. The number of nitrogens with one attached hydrogen (secondary N) is 1. The number of benzene rings is 1. The van der Waals surface area contributed by atoms with Crippen molar-refractivity contribution in [2.75, 3.05) is 0 Å². The Balaban J connectivity index is 2.20. The van der Waals surface area contributed by atoms with Gasteiger partial charge in [-0.1, -0.05) is 30.3 Å². The molecule has 0 bridgehead atoms. The molecular weight excluding hydrogens is 264 g/mol. The zero-order valence-electron chi connectivity index (χ0n) is 10.3. The summed E-state index contributed by atoms with van der Waals surface area (Å²) in [7, 11) is 0. The highest BCUT2D eigenvalue weighted by atomic mass is 32.1. The maximum atomic E-state index is 11.1. The molecule has 1 aromatic heterocycles. The fraction of sp³-hybridized carbons (Fsp3) is 0.154. The van der Waals surface area contributed by atoms with Crippen molar-refractivity contribution in [2.45, 2.75) is 13.0 Å². The van der Waals surface area contributed by atoms with E-state index in [4.69, 9.17) is 5.21 Å². The first-order valence-corrected chi connectivity index (χ1v) is 6.52. The third-order valence-corrected chi connectivity index (χ3v) is 4.07. The second-order valence-electron chi connectivity index (χ2n) is 4.01. The van der Waals surface area contributed by atoms with Crippen LogP contribution in [0.3, 0.4) is 0 Å². The van der Waals surface area contributed by atoms with E-state index in [0.717, 1.165) is 15.3 Å². The summed E-state index contributed by atoms with van der Waals surface area (Å²) < 4.78 is 0. The zero-order chi connectivity index (χ0) is 13.8.